The molecule has 12 heteroatoms. The lowest BCUT2D eigenvalue weighted by Gasteiger charge is -2.14. The van der Waals surface area contributed by atoms with Gasteiger partial charge in [0, 0.05) is 75.4 Å². The minimum absolute atomic E-state index is 0.249. The first-order valence-corrected chi connectivity index (χ1v) is 18.6. The highest BCUT2D eigenvalue weighted by Gasteiger charge is 2.27. The van der Waals surface area contributed by atoms with Crippen LogP contribution in [0.5, 0.6) is 5.75 Å². The van der Waals surface area contributed by atoms with Crippen LogP contribution in [0.25, 0.3) is 32.8 Å². The number of aryl methyl sites for hydroxylation is 6. The molecule has 0 atom stereocenters. The molecule has 1 aliphatic rings. The van der Waals surface area contributed by atoms with Gasteiger partial charge in [-0.05, 0) is 92.1 Å². The average Bonchev–Trinajstić information content (AvgIpc) is 3.69. The fourth-order valence-electron chi connectivity index (χ4n) is 7.26. The molecule has 50 heavy (non-hydrogen) atoms. The standard InChI is InChI=1S/C38H39Cl2N5O4S/c1-22-34-31-11-10-30(40)36(34)35-23(2)41-45(13-15-48-4)32(35)21-50-20-27-19-28(43(3)42-27)8-6-24-16-25-18-26(39)7-9-29(25)33(17-24)49-14-5-12-44(31)37(22)38(46)47/h7,9-11,16-19H,5-6,8,12-15,20-21H2,1-4H3,(H,46,47). The number of halogens is 2. The number of hydrogen-bond donors (Lipinski definition) is 1. The number of benzene rings is 3. The van der Waals surface area contributed by atoms with Crippen LogP contribution in [-0.4, -0.2) is 55.5 Å². The second-order valence-corrected chi connectivity index (χ2v) is 14.6. The predicted molar refractivity (Wildman–Crippen MR) is 201 cm³/mol. The van der Waals surface area contributed by atoms with Gasteiger partial charge in [-0.1, -0.05) is 29.3 Å². The number of ether oxygens (including phenoxy) is 2. The van der Waals surface area contributed by atoms with E-state index in [0.29, 0.717) is 59.8 Å². The number of thioether (sulfide) groups is 1. The van der Waals surface area contributed by atoms with Crippen LogP contribution in [-0.2, 0) is 49.2 Å². The van der Waals surface area contributed by atoms with Crippen LogP contribution in [0.1, 0.15) is 50.8 Å². The molecule has 9 nitrogen and oxygen atoms in total. The van der Waals surface area contributed by atoms with E-state index in [4.69, 9.17) is 42.9 Å². The van der Waals surface area contributed by atoms with Crippen LogP contribution in [0.2, 0.25) is 10.0 Å². The number of carbonyl (C=O) groups is 1. The van der Waals surface area contributed by atoms with Crippen molar-refractivity contribution in [2.24, 2.45) is 7.05 Å². The van der Waals surface area contributed by atoms with E-state index in [1.165, 1.54) is 0 Å². The van der Waals surface area contributed by atoms with E-state index in [1.54, 1.807) is 18.9 Å². The van der Waals surface area contributed by atoms with Gasteiger partial charge < -0.3 is 19.1 Å². The van der Waals surface area contributed by atoms with Crippen molar-refractivity contribution in [3.63, 3.8) is 0 Å². The van der Waals surface area contributed by atoms with E-state index < -0.39 is 5.97 Å². The first-order valence-electron chi connectivity index (χ1n) is 16.7. The number of fused-ring (bicyclic) bond motifs is 8. The van der Waals surface area contributed by atoms with Crippen molar-refractivity contribution in [3.05, 3.63) is 98.2 Å². The molecule has 6 aromatic rings. The van der Waals surface area contributed by atoms with Gasteiger partial charge >= 0.3 is 5.97 Å². The zero-order valence-corrected chi connectivity index (χ0v) is 30.9. The van der Waals surface area contributed by atoms with E-state index in [9.17, 15) is 9.90 Å². The van der Waals surface area contributed by atoms with Crippen LogP contribution in [0.3, 0.4) is 0 Å². The molecule has 0 spiro atoms. The largest absolute Gasteiger partial charge is 0.493 e. The van der Waals surface area contributed by atoms with E-state index >= 15 is 0 Å². The molecular formula is C38H39Cl2N5O4S. The Kier molecular flexibility index (Phi) is 9.89. The molecule has 1 aliphatic heterocycles. The molecule has 0 aliphatic carbocycles. The number of nitrogens with zero attached hydrogens (tertiary/aromatic N) is 5. The fraction of sp³-hybridized carbons (Fsp3) is 0.342. The maximum atomic E-state index is 12.8. The molecule has 0 saturated heterocycles. The van der Waals surface area contributed by atoms with Crippen LogP contribution in [0.15, 0.2) is 48.5 Å². The van der Waals surface area contributed by atoms with Crippen molar-refractivity contribution in [2.45, 2.75) is 57.7 Å². The summed E-state index contributed by atoms with van der Waals surface area (Å²) in [5, 5.41) is 24.4. The van der Waals surface area contributed by atoms with Crippen molar-refractivity contribution in [1.29, 1.82) is 0 Å². The second kappa shape index (κ2) is 14.3. The molecular weight excluding hydrogens is 693 g/mol. The zero-order chi connectivity index (χ0) is 35.1. The lowest BCUT2D eigenvalue weighted by molar-refractivity contribution is 0.0684. The van der Waals surface area contributed by atoms with Gasteiger partial charge in [0.15, 0.2) is 0 Å². The topological polar surface area (TPSA) is 96.3 Å². The fourth-order valence-corrected chi connectivity index (χ4v) is 8.63. The second-order valence-electron chi connectivity index (χ2n) is 12.8. The number of aromatic carboxylic acids is 1. The Hall–Kier alpha value is -3.96. The Bertz CT molecular complexity index is 2260. The van der Waals surface area contributed by atoms with Crippen molar-refractivity contribution < 1.29 is 19.4 Å². The highest BCUT2D eigenvalue weighted by molar-refractivity contribution is 7.97. The lowest BCUT2D eigenvalue weighted by Crippen LogP contribution is -2.12. The number of aromatic nitrogens is 5. The number of rotatable bonds is 4. The van der Waals surface area contributed by atoms with Gasteiger partial charge in [0.25, 0.3) is 0 Å². The highest BCUT2D eigenvalue weighted by atomic mass is 35.5. The highest BCUT2D eigenvalue weighted by Crippen LogP contribution is 2.43. The van der Waals surface area contributed by atoms with Gasteiger partial charge in [0.1, 0.15) is 11.4 Å². The Morgan fingerprint density at radius 2 is 1.88 bits per heavy atom. The van der Waals surface area contributed by atoms with Crippen LogP contribution >= 0.6 is 35.0 Å². The minimum Gasteiger partial charge on any atom is -0.493 e. The van der Waals surface area contributed by atoms with Crippen LogP contribution in [0, 0.1) is 13.8 Å². The maximum absolute atomic E-state index is 12.8. The summed E-state index contributed by atoms with van der Waals surface area (Å²) < 4.78 is 17.8. The van der Waals surface area contributed by atoms with Crippen LogP contribution < -0.4 is 4.74 Å². The molecule has 4 heterocycles. The first-order chi connectivity index (χ1) is 24.1. The zero-order valence-electron chi connectivity index (χ0n) is 28.6. The molecule has 0 saturated carbocycles. The van der Waals surface area contributed by atoms with Crippen molar-refractivity contribution >= 4 is 62.6 Å². The van der Waals surface area contributed by atoms with Gasteiger partial charge in [-0.25, -0.2) is 4.79 Å². The SMILES string of the molecule is COCCn1nc(C)c2c1CSCc1cc(n(C)n1)CCc1cc(c3ccc(Cl)cc3c1)OCCCn1c(C(=O)O)c(C)c3c-2c(Cl)ccc31. The summed E-state index contributed by atoms with van der Waals surface area (Å²) in [5.74, 6) is 1.18. The summed E-state index contributed by atoms with van der Waals surface area (Å²) in [6.07, 6.45) is 2.22. The number of hydrogen-bond acceptors (Lipinski definition) is 6. The van der Waals surface area contributed by atoms with Crippen molar-refractivity contribution in [1.82, 2.24) is 24.1 Å². The third kappa shape index (κ3) is 6.50. The smallest absolute Gasteiger partial charge is 0.352 e. The summed E-state index contributed by atoms with van der Waals surface area (Å²) in [7, 11) is 3.68. The van der Waals surface area contributed by atoms with Crippen molar-refractivity contribution in [3.8, 4) is 16.9 Å². The van der Waals surface area contributed by atoms with E-state index in [2.05, 4.69) is 18.2 Å². The Morgan fingerprint density at radius 1 is 1.04 bits per heavy atom. The maximum Gasteiger partial charge on any atom is 0.352 e. The number of carboxylic acids is 1. The quantitative estimate of drug-likeness (QED) is 0.194. The van der Waals surface area contributed by atoms with Gasteiger partial charge in [0.2, 0.25) is 0 Å². The van der Waals surface area contributed by atoms with E-state index in [0.717, 1.165) is 79.7 Å². The number of carboxylic acid groups (broad SMARTS) is 1. The van der Waals surface area contributed by atoms with E-state index in [1.807, 2.05) is 65.2 Å². The van der Waals surface area contributed by atoms with E-state index in [-0.39, 0.29) is 5.69 Å². The summed E-state index contributed by atoms with van der Waals surface area (Å²) >= 11 is 15.2. The molecule has 0 fully saturated rings. The Balaban J connectivity index is 1.37. The summed E-state index contributed by atoms with van der Waals surface area (Å²) in [6.45, 7) is 5.80. The lowest BCUT2D eigenvalue weighted by atomic mass is 9.97. The average molecular weight is 733 g/mol. The molecule has 7 rings (SSSR count). The molecule has 0 amide bonds. The summed E-state index contributed by atoms with van der Waals surface area (Å²) in [4.78, 5) is 12.8. The molecule has 260 valence electrons. The Morgan fingerprint density at radius 3 is 2.68 bits per heavy atom. The normalized spacial score (nSPS) is 14.1. The first kappa shape index (κ1) is 34.5. The minimum atomic E-state index is -0.982. The molecule has 8 bridgehead atoms. The molecule has 0 radical (unpaired) electrons. The third-order valence-electron chi connectivity index (χ3n) is 9.52. The van der Waals surface area contributed by atoms with Crippen molar-refractivity contribution in [2.75, 3.05) is 20.3 Å². The summed E-state index contributed by atoms with van der Waals surface area (Å²) in [6, 6.07) is 16.1. The van der Waals surface area contributed by atoms with Gasteiger partial charge in [-0.2, -0.15) is 10.2 Å². The summed E-state index contributed by atoms with van der Waals surface area (Å²) in [5.41, 5.74) is 8.65. The molecule has 3 aromatic heterocycles. The molecule has 1 N–H and O–H groups in total. The third-order valence-corrected chi connectivity index (χ3v) is 11.0. The Labute approximate surface area is 305 Å². The van der Waals surface area contributed by atoms with Crippen LogP contribution in [0.4, 0.5) is 0 Å². The molecule has 3 aromatic carbocycles. The predicted octanol–water partition coefficient (Wildman–Crippen LogP) is 8.66. The molecule has 0 unspecified atom stereocenters. The van der Waals surface area contributed by atoms with Gasteiger partial charge in [-0.3, -0.25) is 9.36 Å². The van der Waals surface area contributed by atoms with Gasteiger partial charge in [-0.15, -0.1) is 11.8 Å². The number of methoxy groups -OCH3 is 1. The van der Waals surface area contributed by atoms with Gasteiger partial charge in [0.05, 0.1) is 36.8 Å². The monoisotopic (exact) mass is 731 g/mol.